The fraction of sp³-hybridized carbons (Fsp3) is 0.500. The summed E-state index contributed by atoms with van der Waals surface area (Å²) >= 11 is 0. The maximum atomic E-state index is 10.9. The van der Waals surface area contributed by atoms with Gasteiger partial charge in [-0.3, -0.25) is 4.79 Å². The second kappa shape index (κ2) is 2.86. The van der Waals surface area contributed by atoms with E-state index in [1.807, 2.05) is 13.8 Å². The monoisotopic (exact) mass is 152 g/mol. The average Bonchev–Trinajstić information content (AvgIpc) is 1.94. The first kappa shape index (κ1) is 7.98. The molecule has 0 radical (unpaired) electrons. The van der Waals surface area contributed by atoms with Crippen LogP contribution in [0, 0.1) is 0 Å². The van der Waals surface area contributed by atoms with Crippen LogP contribution in [0.3, 0.4) is 0 Å². The molecule has 60 valence electrons. The lowest BCUT2D eigenvalue weighted by atomic mass is 10.1. The Morgan fingerprint density at radius 1 is 1.45 bits per heavy atom. The number of hydrogen-bond donors (Lipinski definition) is 0. The van der Waals surface area contributed by atoms with Gasteiger partial charge in [0.25, 0.3) is 5.56 Å². The zero-order chi connectivity index (χ0) is 8.43. The zero-order valence-corrected chi connectivity index (χ0v) is 7.03. The van der Waals surface area contributed by atoms with Gasteiger partial charge in [-0.25, -0.2) is 4.68 Å². The summed E-state index contributed by atoms with van der Waals surface area (Å²) in [5, 5.41) is 4.08. The van der Waals surface area contributed by atoms with Crippen LogP contribution in [0.15, 0.2) is 16.9 Å². The normalized spacial score (nSPS) is 10.5. The first-order valence-corrected chi connectivity index (χ1v) is 3.65. The summed E-state index contributed by atoms with van der Waals surface area (Å²) in [4.78, 5) is 10.9. The zero-order valence-electron chi connectivity index (χ0n) is 7.03. The van der Waals surface area contributed by atoms with Crippen LogP contribution in [0.4, 0.5) is 0 Å². The minimum atomic E-state index is -0.0607. The number of hydrogen-bond acceptors (Lipinski definition) is 2. The van der Waals surface area contributed by atoms with Crippen LogP contribution >= 0.6 is 0 Å². The van der Waals surface area contributed by atoms with Crippen LogP contribution in [-0.4, -0.2) is 9.78 Å². The van der Waals surface area contributed by atoms with Crippen molar-refractivity contribution < 1.29 is 0 Å². The van der Waals surface area contributed by atoms with Crippen LogP contribution in [0.25, 0.3) is 0 Å². The number of rotatable bonds is 1. The highest BCUT2D eigenvalue weighted by Crippen LogP contribution is 2.07. The quantitative estimate of drug-likeness (QED) is 0.599. The first-order chi connectivity index (χ1) is 5.11. The predicted molar refractivity (Wildman–Crippen MR) is 43.6 cm³/mol. The number of nitrogens with zero attached hydrogens (tertiary/aromatic N) is 2. The first-order valence-electron chi connectivity index (χ1n) is 3.65. The van der Waals surface area contributed by atoms with Gasteiger partial charge in [-0.15, -0.1) is 0 Å². The second-order valence-electron chi connectivity index (χ2n) is 2.87. The van der Waals surface area contributed by atoms with Gasteiger partial charge < -0.3 is 0 Å². The van der Waals surface area contributed by atoms with E-state index < -0.39 is 0 Å². The molecule has 1 rings (SSSR count). The smallest absolute Gasteiger partial charge is 0.266 e. The maximum Gasteiger partial charge on any atom is 0.266 e. The van der Waals surface area contributed by atoms with Gasteiger partial charge in [0, 0.05) is 13.1 Å². The van der Waals surface area contributed by atoms with E-state index in [1.54, 1.807) is 19.2 Å². The average molecular weight is 152 g/mol. The molecule has 0 aliphatic heterocycles. The van der Waals surface area contributed by atoms with Gasteiger partial charge in [-0.05, 0) is 12.0 Å². The van der Waals surface area contributed by atoms with Gasteiger partial charge in [-0.2, -0.15) is 5.10 Å². The Labute approximate surface area is 65.7 Å². The Balaban J connectivity index is 3.15. The van der Waals surface area contributed by atoms with Crippen molar-refractivity contribution in [2.45, 2.75) is 19.8 Å². The molecule has 3 heteroatoms. The molecule has 0 fully saturated rings. The third kappa shape index (κ3) is 1.67. The lowest BCUT2D eigenvalue weighted by Gasteiger charge is -2.03. The molecule has 0 saturated heterocycles. The van der Waals surface area contributed by atoms with Crippen molar-refractivity contribution in [2.24, 2.45) is 7.05 Å². The van der Waals surface area contributed by atoms with Gasteiger partial charge in [0.15, 0.2) is 0 Å². The largest absolute Gasteiger partial charge is 0.268 e. The van der Waals surface area contributed by atoms with Crippen molar-refractivity contribution in [3.8, 4) is 0 Å². The van der Waals surface area contributed by atoms with E-state index in [2.05, 4.69) is 5.10 Å². The van der Waals surface area contributed by atoms with E-state index in [-0.39, 0.29) is 5.56 Å². The lowest BCUT2D eigenvalue weighted by Crippen LogP contribution is -2.19. The molecule has 0 bridgehead atoms. The van der Waals surface area contributed by atoms with Crippen molar-refractivity contribution >= 4 is 0 Å². The van der Waals surface area contributed by atoms with E-state index in [0.29, 0.717) is 5.92 Å². The molecule has 0 N–H and O–H groups in total. The SMILES string of the molecule is CC(C)c1ccc(=O)n(C)n1. The van der Waals surface area contributed by atoms with Crippen molar-refractivity contribution in [3.63, 3.8) is 0 Å². The minimum Gasteiger partial charge on any atom is -0.268 e. The Hall–Kier alpha value is -1.12. The molecule has 0 saturated carbocycles. The van der Waals surface area contributed by atoms with E-state index in [4.69, 9.17) is 0 Å². The molecule has 0 amide bonds. The highest BCUT2D eigenvalue weighted by molar-refractivity contribution is 5.04. The molecule has 0 unspecified atom stereocenters. The minimum absolute atomic E-state index is 0.0607. The highest BCUT2D eigenvalue weighted by atomic mass is 16.1. The van der Waals surface area contributed by atoms with Crippen molar-refractivity contribution in [3.05, 3.63) is 28.2 Å². The summed E-state index contributed by atoms with van der Waals surface area (Å²) in [6, 6.07) is 3.31. The molecule has 1 heterocycles. The summed E-state index contributed by atoms with van der Waals surface area (Å²) < 4.78 is 1.36. The molecule has 0 aliphatic carbocycles. The molecule has 0 spiro atoms. The highest BCUT2D eigenvalue weighted by Gasteiger charge is 2.00. The molecular weight excluding hydrogens is 140 g/mol. The van der Waals surface area contributed by atoms with Crippen LogP contribution in [0.5, 0.6) is 0 Å². The van der Waals surface area contributed by atoms with Crippen molar-refractivity contribution in [1.29, 1.82) is 0 Å². The van der Waals surface area contributed by atoms with E-state index in [0.717, 1.165) is 5.69 Å². The Kier molecular flexibility index (Phi) is 2.08. The molecular formula is C8H12N2O. The van der Waals surface area contributed by atoms with Gasteiger partial charge in [0.05, 0.1) is 5.69 Å². The van der Waals surface area contributed by atoms with Gasteiger partial charge in [0.2, 0.25) is 0 Å². The number of aryl methyl sites for hydroxylation is 1. The topological polar surface area (TPSA) is 34.9 Å². The third-order valence-corrected chi connectivity index (χ3v) is 1.57. The molecule has 1 aromatic heterocycles. The maximum absolute atomic E-state index is 10.9. The predicted octanol–water partition coefficient (Wildman–Crippen LogP) is 0.904. The van der Waals surface area contributed by atoms with Crippen LogP contribution in [0.2, 0.25) is 0 Å². The summed E-state index contributed by atoms with van der Waals surface area (Å²) in [5.41, 5.74) is 0.890. The second-order valence-corrected chi connectivity index (χ2v) is 2.87. The molecule has 0 aromatic carbocycles. The van der Waals surface area contributed by atoms with Crippen LogP contribution in [-0.2, 0) is 7.05 Å². The van der Waals surface area contributed by atoms with Gasteiger partial charge in [-0.1, -0.05) is 13.8 Å². The van der Waals surface area contributed by atoms with E-state index in [9.17, 15) is 4.79 Å². The van der Waals surface area contributed by atoms with Crippen LogP contribution < -0.4 is 5.56 Å². The van der Waals surface area contributed by atoms with Gasteiger partial charge >= 0.3 is 0 Å². The van der Waals surface area contributed by atoms with E-state index >= 15 is 0 Å². The number of aromatic nitrogens is 2. The summed E-state index contributed by atoms with van der Waals surface area (Å²) in [6.45, 7) is 4.10. The Bertz CT molecular complexity index is 301. The van der Waals surface area contributed by atoms with E-state index in [1.165, 1.54) is 4.68 Å². The molecule has 0 aliphatic rings. The Morgan fingerprint density at radius 3 is 2.55 bits per heavy atom. The standard InChI is InChI=1S/C8H12N2O/c1-6(2)7-4-5-8(11)10(3)9-7/h4-6H,1-3H3. The summed E-state index contributed by atoms with van der Waals surface area (Å²) in [7, 11) is 1.66. The van der Waals surface area contributed by atoms with Crippen molar-refractivity contribution in [2.75, 3.05) is 0 Å². The Morgan fingerprint density at radius 2 is 2.09 bits per heavy atom. The fourth-order valence-electron chi connectivity index (χ4n) is 0.828. The summed E-state index contributed by atoms with van der Waals surface area (Å²) in [6.07, 6.45) is 0. The summed E-state index contributed by atoms with van der Waals surface area (Å²) in [5.74, 6) is 0.377. The van der Waals surface area contributed by atoms with Crippen LogP contribution in [0.1, 0.15) is 25.5 Å². The van der Waals surface area contributed by atoms with Gasteiger partial charge in [0.1, 0.15) is 0 Å². The van der Waals surface area contributed by atoms with Crippen molar-refractivity contribution in [1.82, 2.24) is 9.78 Å². The molecule has 11 heavy (non-hydrogen) atoms. The lowest BCUT2D eigenvalue weighted by molar-refractivity contribution is 0.653. The fourth-order valence-corrected chi connectivity index (χ4v) is 0.828. The molecule has 0 atom stereocenters. The molecule has 3 nitrogen and oxygen atoms in total. The third-order valence-electron chi connectivity index (χ3n) is 1.57. The molecule has 1 aromatic rings.